The van der Waals surface area contributed by atoms with Gasteiger partial charge in [-0.25, -0.2) is 4.98 Å². The highest BCUT2D eigenvalue weighted by molar-refractivity contribution is 6.00. The van der Waals surface area contributed by atoms with E-state index >= 15 is 0 Å². The van der Waals surface area contributed by atoms with Crippen LogP contribution in [0.5, 0.6) is 0 Å². The number of aliphatic hydroxyl groups excluding tert-OH is 1. The van der Waals surface area contributed by atoms with E-state index in [0.29, 0.717) is 5.56 Å². The molecule has 1 aromatic heterocycles. The van der Waals surface area contributed by atoms with Crippen molar-refractivity contribution in [3.8, 4) is 0 Å². The van der Waals surface area contributed by atoms with Crippen molar-refractivity contribution in [1.82, 2.24) is 4.98 Å². The van der Waals surface area contributed by atoms with E-state index in [1.54, 1.807) is 6.20 Å². The molecular formula is C13H22N4O. The molecule has 0 aromatic carbocycles. The van der Waals surface area contributed by atoms with E-state index in [9.17, 15) is 0 Å². The van der Waals surface area contributed by atoms with Gasteiger partial charge in [-0.1, -0.05) is 0 Å². The lowest BCUT2D eigenvalue weighted by molar-refractivity contribution is 0.283. The molecule has 0 atom stereocenters. The van der Waals surface area contributed by atoms with Gasteiger partial charge in [0.1, 0.15) is 11.7 Å². The number of nitrogens with zero attached hydrogens (tertiary/aromatic N) is 2. The fourth-order valence-corrected chi connectivity index (χ4v) is 1.91. The van der Waals surface area contributed by atoms with Crippen molar-refractivity contribution in [2.24, 2.45) is 5.73 Å². The van der Waals surface area contributed by atoms with Crippen molar-refractivity contribution in [3.05, 3.63) is 23.4 Å². The summed E-state index contributed by atoms with van der Waals surface area (Å²) in [6, 6.07) is 1.86. The normalized spacial score (nSPS) is 10.4. The molecule has 0 aliphatic carbocycles. The molecule has 0 radical (unpaired) electrons. The van der Waals surface area contributed by atoms with Crippen molar-refractivity contribution in [2.75, 3.05) is 25.1 Å². The van der Waals surface area contributed by atoms with Crippen LogP contribution in [0.3, 0.4) is 0 Å². The van der Waals surface area contributed by atoms with Crippen LogP contribution in [-0.2, 0) is 0 Å². The number of unbranched alkanes of at least 4 members (excludes halogenated alkanes) is 2. The summed E-state index contributed by atoms with van der Waals surface area (Å²) in [6.07, 6.45) is 4.54. The van der Waals surface area contributed by atoms with Crippen LogP contribution in [0, 0.1) is 12.3 Å². The van der Waals surface area contributed by atoms with Crippen LogP contribution in [0.4, 0.5) is 5.82 Å². The van der Waals surface area contributed by atoms with Crippen LogP contribution in [0.1, 0.15) is 30.4 Å². The Morgan fingerprint density at radius 2 is 2.17 bits per heavy atom. The third kappa shape index (κ3) is 3.70. The number of nitrogen functional groups attached to an aromatic ring is 1. The number of aromatic nitrogens is 1. The van der Waals surface area contributed by atoms with Crippen molar-refractivity contribution < 1.29 is 5.11 Å². The zero-order valence-corrected chi connectivity index (χ0v) is 11.1. The van der Waals surface area contributed by atoms with Gasteiger partial charge in [-0.05, 0) is 37.8 Å². The van der Waals surface area contributed by atoms with E-state index in [4.69, 9.17) is 16.2 Å². The van der Waals surface area contributed by atoms with E-state index < -0.39 is 0 Å². The molecule has 0 saturated carbocycles. The lowest BCUT2D eigenvalue weighted by atomic mass is 10.1. The monoisotopic (exact) mass is 250 g/mol. The number of rotatable bonds is 7. The first-order valence-electron chi connectivity index (χ1n) is 6.20. The van der Waals surface area contributed by atoms with Gasteiger partial charge in [-0.2, -0.15) is 0 Å². The van der Waals surface area contributed by atoms with Crippen LogP contribution in [0.15, 0.2) is 12.3 Å². The molecule has 1 heterocycles. The summed E-state index contributed by atoms with van der Waals surface area (Å²) < 4.78 is 0. The van der Waals surface area contributed by atoms with Gasteiger partial charge in [0, 0.05) is 26.4 Å². The second-order valence-electron chi connectivity index (χ2n) is 4.45. The summed E-state index contributed by atoms with van der Waals surface area (Å²) >= 11 is 0. The number of anilines is 1. The highest BCUT2D eigenvalue weighted by Crippen LogP contribution is 2.19. The Labute approximate surface area is 108 Å². The van der Waals surface area contributed by atoms with Crippen molar-refractivity contribution >= 4 is 11.7 Å². The topological polar surface area (TPSA) is 86.2 Å². The summed E-state index contributed by atoms with van der Waals surface area (Å²) in [5, 5.41) is 16.4. The molecule has 0 amide bonds. The zero-order chi connectivity index (χ0) is 13.5. The second kappa shape index (κ2) is 6.96. The van der Waals surface area contributed by atoms with Crippen LogP contribution in [0.2, 0.25) is 0 Å². The minimum atomic E-state index is 0.0535. The van der Waals surface area contributed by atoms with Gasteiger partial charge in [-0.15, -0.1) is 0 Å². The standard InChI is InChI=1S/C13H22N4O/c1-10-6-7-16-13(11(10)12(14)15)17(2)8-4-3-5-9-18/h6-7,18H,3-5,8-9H2,1-2H3,(H3,14,15). The second-order valence-corrected chi connectivity index (χ2v) is 4.45. The molecule has 18 heavy (non-hydrogen) atoms. The van der Waals surface area contributed by atoms with Crippen molar-refractivity contribution in [2.45, 2.75) is 26.2 Å². The van der Waals surface area contributed by atoms with E-state index in [-0.39, 0.29) is 12.4 Å². The summed E-state index contributed by atoms with van der Waals surface area (Å²) in [4.78, 5) is 6.33. The maximum Gasteiger partial charge on any atom is 0.139 e. The minimum absolute atomic E-state index is 0.0535. The van der Waals surface area contributed by atoms with Crippen LogP contribution < -0.4 is 10.6 Å². The van der Waals surface area contributed by atoms with Crippen molar-refractivity contribution in [3.63, 3.8) is 0 Å². The highest BCUT2D eigenvalue weighted by Gasteiger charge is 2.13. The average molecular weight is 250 g/mol. The molecule has 100 valence electrons. The Kier molecular flexibility index (Phi) is 5.58. The van der Waals surface area contributed by atoms with Gasteiger partial charge < -0.3 is 15.7 Å². The zero-order valence-electron chi connectivity index (χ0n) is 11.1. The predicted octanol–water partition coefficient (Wildman–Crippen LogP) is 1.27. The van der Waals surface area contributed by atoms with Crippen LogP contribution in [-0.4, -0.2) is 36.1 Å². The molecule has 0 aliphatic rings. The molecule has 0 spiro atoms. The van der Waals surface area contributed by atoms with Gasteiger partial charge in [0.25, 0.3) is 0 Å². The fourth-order valence-electron chi connectivity index (χ4n) is 1.91. The van der Waals surface area contributed by atoms with E-state index in [2.05, 4.69) is 4.98 Å². The van der Waals surface area contributed by atoms with E-state index in [1.165, 1.54) is 0 Å². The third-order valence-electron chi connectivity index (χ3n) is 2.92. The number of nitrogens with one attached hydrogen (secondary N) is 1. The van der Waals surface area contributed by atoms with E-state index in [1.807, 2.05) is 24.9 Å². The molecule has 5 heteroatoms. The first-order chi connectivity index (χ1) is 8.57. The molecule has 0 saturated heterocycles. The Morgan fingerprint density at radius 1 is 1.44 bits per heavy atom. The average Bonchev–Trinajstić information content (AvgIpc) is 2.33. The SMILES string of the molecule is Cc1ccnc(N(C)CCCCCO)c1C(=N)N. The van der Waals surface area contributed by atoms with Gasteiger partial charge in [0.05, 0.1) is 5.56 Å². The Morgan fingerprint density at radius 3 is 2.78 bits per heavy atom. The number of pyridine rings is 1. The first kappa shape index (κ1) is 14.4. The summed E-state index contributed by atoms with van der Waals surface area (Å²) in [7, 11) is 1.95. The first-order valence-corrected chi connectivity index (χ1v) is 6.20. The van der Waals surface area contributed by atoms with Crippen molar-refractivity contribution in [1.29, 1.82) is 5.41 Å². The molecule has 1 rings (SSSR count). The molecule has 1 aromatic rings. The molecule has 0 bridgehead atoms. The summed E-state index contributed by atoms with van der Waals surface area (Å²) in [5.74, 6) is 0.810. The molecular weight excluding hydrogens is 228 g/mol. The third-order valence-corrected chi connectivity index (χ3v) is 2.92. The number of nitrogens with two attached hydrogens (primary N) is 1. The van der Waals surface area contributed by atoms with Gasteiger partial charge >= 0.3 is 0 Å². The summed E-state index contributed by atoms with van der Waals surface area (Å²) in [5.41, 5.74) is 7.29. The highest BCUT2D eigenvalue weighted by atomic mass is 16.2. The van der Waals surface area contributed by atoms with Gasteiger partial charge in [0.2, 0.25) is 0 Å². The Balaban J connectivity index is 2.76. The van der Waals surface area contributed by atoms with Crippen LogP contribution in [0.25, 0.3) is 0 Å². The van der Waals surface area contributed by atoms with Gasteiger partial charge in [0.15, 0.2) is 0 Å². The summed E-state index contributed by atoms with van der Waals surface area (Å²) in [6.45, 7) is 3.02. The number of hydrogen-bond acceptors (Lipinski definition) is 4. The predicted molar refractivity (Wildman–Crippen MR) is 74.2 cm³/mol. The smallest absolute Gasteiger partial charge is 0.139 e. The largest absolute Gasteiger partial charge is 0.396 e. The molecule has 0 unspecified atom stereocenters. The number of aryl methyl sites for hydroxylation is 1. The molecule has 4 N–H and O–H groups in total. The fraction of sp³-hybridized carbons (Fsp3) is 0.538. The van der Waals surface area contributed by atoms with Gasteiger partial charge in [-0.3, -0.25) is 5.41 Å². The molecule has 0 aliphatic heterocycles. The Hall–Kier alpha value is -1.62. The molecule has 0 fully saturated rings. The lowest BCUT2D eigenvalue weighted by Gasteiger charge is -2.21. The maximum absolute atomic E-state index is 8.73. The number of amidine groups is 1. The maximum atomic E-state index is 8.73. The van der Waals surface area contributed by atoms with E-state index in [0.717, 1.165) is 37.2 Å². The molecule has 5 nitrogen and oxygen atoms in total. The number of aliphatic hydroxyl groups is 1. The van der Waals surface area contributed by atoms with Crippen LogP contribution >= 0.6 is 0 Å². The quantitative estimate of drug-likeness (QED) is 0.386. The minimum Gasteiger partial charge on any atom is -0.396 e. The lowest BCUT2D eigenvalue weighted by Crippen LogP contribution is -2.25. The Bertz CT molecular complexity index is 406. The number of hydrogen-bond donors (Lipinski definition) is 3.